The van der Waals surface area contributed by atoms with Gasteiger partial charge in [0.05, 0.1) is 53.5 Å². The molecule has 5 N–H and O–H groups in total. The van der Waals surface area contributed by atoms with Gasteiger partial charge in [-0.05, 0) is 48.5 Å². The van der Waals surface area contributed by atoms with Gasteiger partial charge in [-0.15, -0.1) is 0 Å². The Hall–Kier alpha value is -3.68. The Bertz CT molecular complexity index is 1550. The number of aromatic amines is 1. The zero-order chi connectivity index (χ0) is 30.0. The number of nitrogens with two attached hydrogens (primary N) is 1. The number of nitrogens with one attached hydrogen (secondary N) is 3. The number of sulfone groups is 1. The number of nitrogens with zero attached hydrogens (tertiary/aromatic N) is 2. The standard InChI is InChI=1S/C29H34F2N6O4S/c1-16-9-17(10-25(33)28(16)42(2,38)39)21-5-7-34-14-26(21)37-29-35-13-18(36-29)3-4-24(32)27-22(30)11-20(12-23(27)31)41-19-6-8-40-15-19/h3-5,7,11-14,16-17,19,25,28,32H,6,8-10,15,33H2,1-2H3,(H2,35,36,37)/b4-3-,32-24?. The Balaban J connectivity index is 1.26. The lowest BCUT2D eigenvalue weighted by atomic mass is 9.76. The van der Waals surface area contributed by atoms with Crippen LogP contribution in [0, 0.1) is 23.0 Å². The maximum Gasteiger partial charge on any atom is 0.205 e. The molecule has 1 aromatic carbocycles. The van der Waals surface area contributed by atoms with E-state index in [1.165, 1.54) is 24.6 Å². The molecule has 3 heterocycles. The smallest absolute Gasteiger partial charge is 0.205 e. The molecule has 0 radical (unpaired) electrons. The maximum atomic E-state index is 14.7. The number of anilines is 2. The number of aromatic nitrogens is 3. The number of halogens is 2. The molecular formula is C29H34F2N6O4S. The average Bonchev–Trinajstić information content (AvgIpc) is 3.58. The predicted octanol–water partition coefficient (Wildman–Crippen LogP) is 4.33. The molecular weight excluding hydrogens is 566 g/mol. The van der Waals surface area contributed by atoms with E-state index in [2.05, 4.69) is 20.3 Å². The van der Waals surface area contributed by atoms with Crippen molar-refractivity contribution in [2.24, 2.45) is 11.7 Å². The van der Waals surface area contributed by atoms with Crippen LogP contribution < -0.4 is 15.8 Å². The average molecular weight is 601 g/mol. The molecule has 5 rings (SSSR count). The lowest BCUT2D eigenvalue weighted by Crippen LogP contribution is -2.48. The lowest BCUT2D eigenvalue weighted by Gasteiger charge is -2.38. The molecule has 224 valence electrons. The third-order valence-electron chi connectivity index (χ3n) is 7.74. The van der Waals surface area contributed by atoms with Gasteiger partial charge in [0.2, 0.25) is 5.95 Å². The van der Waals surface area contributed by atoms with Crippen LogP contribution in [0.15, 0.2) is 42.9 Å². The second-order valence-corrected chi connectivity index (χ2v) is 13.2. The SMILES string of the molecule is CC1CC(c2ccncc2Nc2ncc(/C=C\C(=N)c3c(F)cc(OC4CCOC4)cc3F)[nH]2)CC(N)C1S(C)(=O)=O. The van der Waals surface area contributed by atoms with Crippen LogP contribution in [0.5, 0.6) is 5.75 Å². The molecule has 2 aliphatic rings. The molecule has 13 heteroatoms. The molecule has 10 nitrogen and oxygen atoms in total. The van der Waals surface area contributed by atoms with Gasteiger partial charge >= 0.3 is 0 Å². The number of ether oxygens (including phenoxy) is 2. The molecule has 1 aliphatic carbocycles. The molecule has 3 aromatic rings. The Morgan fingerprint density at radius 3 is 2.69 bits per heavy atom. The van der Waals surface area contributed by atoms with Crippen molar-refractivity contribution in [1.82, 2.24) is 15.0 Å². The summed E-state index contributed by atoms with van der Waals surface area (Å²) in [4.78, 5) is 11.6. The van der Waals surface area contributed by atoms with Crippen LogP contribution in [0.2, 0.25) is 0 Å². The van der Waals surface area contributed by atoms with E-state index in [1.807, 2.05) is 13.0 Å². The van der Waals surface area contributed by atoms with Gasteiger partial charge in [0.1, 0.15) is 23.5 Å². The molecule has 1 saturated carbocycles. The second kappa shape index (κ2) is 12.3. The van der Waals surface area contributed by atoms with E-state index in [4.69, 9.17) is 20.6 Å². The van der Waals surface area contributed by atoms with Crippen molar-refractivity contribution in [3.8, 4) is 5.75 Å². The minimum absolute atomic E-state index is 0.0291. The van der Waals surface area contributed by atoms with Crippen LogP contribution in [0.3, 0.4) is 0 Å². The summed E-state index contributed by atoms with van der Waals surface area (Å²) in [5.74, 6) is -1.41. The fraction of sp³-hybridized carbons (Fsp3) is 0.414. The molecule has 2 aromatic heterocycles. The third-order valence-corrected chi connectivity index (χ3v) is 9.54. The number of benzene rings is 1. The van der Waals surface area contributed by atoms with Gasteiger partial charge < -0.3 is 30.9 Å². The van der Waals surface area contributed by atoms with E-state index < -0.39 is 38.3 Å². The molecule has 2 fully saturated rings. The highest BCUT2D eigenvalue weighted by Gasteiger charge is 2.40. The monoisotopic (exact) mass is 600 g/mol. The minimum Gasteiger partial charge on any atom is -0.488 e. The topological polar surface area (TPSA) is 156 Å². The summed E-state index contributed by atoms with van der Waals surface area (Å²) in [5, 5.41) is 10.9. The fourth-order valence-electron chi connectivity index (χ4n) is 5.96. The summed E-state index contributed by atoms with van der Waals surface area (Å²) in [6, 6.07) is 3.55. The normalized spacial score (nSPS) is 24.6. The van der Waals surface area contributed by atoms with Gasteiger partial charge in [0.15, 0.2) is 9.84 Å². The van der Waals surface area contributed by atoms with E-state index in [9.17, 15) is 17.2 Å². The second-order valence-electron chi connectivity index (χ2n) is 11.0. The summed E-state index contributed by atoms with van der Waals surface area (Å²) in [7, 11) is -3.27. The van der Waals surface area contributed by atoms with E-state index in [-0.39, 0.29) is 29.4 Å². The number of pyridine rings is 1. The summed E-state index contributed by atoms with van der Waals surface area (Å²) < 4.78 is 64.8. The van der Waals surface area contributed by atoms with Crippen molar-refractivity contribution in [3.63, 3.8) is 0 Å². The van der Waals surface area contributed by atoms with E-state index >= 15 is 0 Å². The Morgan fingerprint density at radius 1 is 1.26 bits per heavy atom. The predicted molar refractivity (Wildman–Crippen MR) is 156 cm³/mol. The van der Waals surface area contributed by atoms with Crippen LogP contribution >= 0.6 is 0 Å². The fourth-order valence-corrected chi connectivity index (χ4v) is 7.67. The highest BCUT2D eigenvalue weighted by atomic mass is 32.2. The van der Waals surface area contributed by atoms with Gasteiger partial charge in [0, 0.05) is 37.0 Å². The number of H-pyrrole nitrogens is 1. The first-order chi connectivity index (χ1) is 20.0. The zero-order valence-corrected chi connectivity index (χ0v) is 24.1. The van der Waals surface area contributed by atoms with E-state index in [1.54, 1.807) is 12.4 Å². The van der Waals surface area contributed by atoms with Crippen molar-refractivity contribution in [2.75, 3.05) is 24.8 Å². The molecule has 42 heavy (non-hydrogen) atoms. The summed E-state index contributed by atoms with van der Waals surface area (Å²) in [6.07, 6.45) is 10.5. The van der Waals surface area contributed by atoms with Crippen molar-refractivity contribution in [3.05, 3.63) is 71.3 Å². The zero-order valence-electron chi connectivity index (χ0n) is 23.3. The summed E-state index contributed by atoms with van der Waals surface area (Å²) >= 11 is 0. The number of rotatable bonds is 9. The largest absolute Gasteiger partial charge is 0.488 e. The van der Waals surface area contributed by atoms with E-state index in [0.717, 1.165) is 17.7 Å². The Morgan fingerprint density at radius 2 is 2.02 bits per heavy atom. The lowest BCUT2D eigenvalue weighted by molar-refractivity contribution is 0.141. The van der Waals surface area contributed by atoms with Crippen LogP contribution in [0.25, 0.3) is 6.08 Å². The first-order valence-electron chi connectivity index (χ1n) is 13.7. The molecule has 1 saturated heterocycles. The van der Waals surface area contributed by atoms with Crippen molar-refractivity contribution >= 4 is 33.3 Å². The minimum atomic E-state index is -3.27. The van der Waals surface area contributed by atoms with Gasteiger partial charge in [-0.25, -0.2) is 22.2 Å². The first-order valence-corrected chi connectivity index (χ1v) is 15.7. The molecule has 0 amide bonds. The van der Waals surface area contributed by atoms with Gasteiger partial charge in [0.25, 0.3) is 0 Å². The highest BCUT2D eigenvalue weighted by Crippen LogP contribution is 2.41. The van der Waals surface area contributed by atoms with Crippen LogP contribution in [0.4, 0.5) is 20.4 Å². The molecule has 1 aliphatic heterocycles. The maximum absolute atomic E-state index is 14.7. The quantitative estimate of drug-likeness (QED) is 0.265. The molecule has 0 bridgehead atoms. The van der Waals surface area contributed by atoms with Crippen molar-refractivity contribution < 1.29 is 26.7 Å². The Kier molecular flexibility index (Phi) is 8.71. The van der Waals surface area contributed by atoms with Gasteiger partial charge in [-0.2, -0.15) is 0 Å². The summed E-state index contributed by atoms with van der Waals surface area (Å²) in [5.41, 5.74) is 7.67. The number of imidazole rings is 1. The number of hydrogen-bond donors (Lipinski definition) is 4. The number of allylic oxidation sites excluding steroid dienone is 1. The van der Waals surface area contributed by atoms with Crippen LogP contribution in [0.1, 0.15) is 48.9 Å². The van der Waals surface area contributed by atoms with Crippen LogP contribution in [-0.4, -0.2) is 65.9 Å². The Labute approximate surface area is 243 Å². The first kappa shape index (κ1) is 29.8. The summed E-state index contributed by atoms with van der Waals surface area (Å²) in [6.45, 7) is 2.83. The van der Waals surface area contributed by atoms with Gasteiger partial charge in [-0.1, -0.05) is 6.92 Å². The van der Waals surface area contributed by atoms with Crippen molar-refractivity contribution in [2.45, 2.75) is 49.5 Å². The molecule has 0 spiro atoms. The van der Waals surface area contributed by atoms with E-state index in [0.29, 0.717) is 49.8 Å². The molecule has 5 unspecified atom stereocenters. The van der Waals surface area contributed by atoms with Gasteiger partial charge in [-0.3, -0.25) is 4.98 Å². The van der Waals surface area contributed by atoms with Crippen LogP contribution in [-0.2, 0) is 14.6 Å². The number of hydrogen-bond acceptors (Lipinski definition) is 9. The molecule has 5 atom stereocenters. The highest BCUT2D eigenvalue weighted by molar-refractivity contribution is 7.91. The third kappa shape index (κ3) is 6.69. The van der Waals surface area contributed by atoms with Crippen molar-refractivity contribution in [1.29, 1.82) is 5.41 Å².